The molecule has 1 aliphatic heterocycles. The average molecular weight is 384 g/mol. The van der Waals surface area contributed by atoms with Gasteiger partial charge in [0.05, 0.1) is 5.56 Å². The molecular formula is C25H24N2O2. The number of nitrogens with zero attached hydrogens (tertiary/aromatic N) is 2. The molecule has 0 radical (unpaired) electrons. The van der Waals surface area contributed by atoms with E-state index in [1.165, 1.54) is 11.1 Å². The van der Waals surface area contributed by atoms with Crippen LogP contribution in [-0.2, 0) is 16.8 Å². The first kappa shape index (κ1) is 17.8. The number of carbonyl (C=O) groups excluding carboxylic acids is 1. The SMILES string of the molecule is CN(C)c1ccc2c(c1)Cc1cc(N(C)C)ccc1C21OC(=O)c2ccccc21. The minimum Gasteiger partial charge on any atom is -0.441 e. The molecule has 1 spiro atoms. The van der Waals surface area contributed by atoms with Gasteiger partial charge in [-0.2, -0.15) is 0 Å². The molecule has 4 nitrogen and oxygen atoms in total. The van der Waals surface area contributed by atoms with Crippen molar-refractivity contribution >= 4 is 17.3 Å². The third-order valence-corrected chi connectivity index (χ3v) is 6.12. The number of hydrogen-bond acceptors (Lipinski definition) is 4. The summed E-state index contributed by atoms with van der Waals surface area (Å²) in [4.78, 5) is 17.1. The van der Waals surface area contributed by atoms with Crippen molar-refractivity contribution in [2.24, 2.45) is 0 Å². The van der Waals surface area contributed by atoms with E-state index in [1.54, 1.807) is 0 Å². The Bertz CT molecular complexity index is 1090. The Kier molecular flexibility index (Phi) is 3.75. The molecule has 4 heteroatoms. The predicted octanol–water partition coefficient (Wildman–Crippen LogP) is 4.19. The van der Waals surface area contributed by atoms with E-state index in [0.29, 0.717) is 5.56 Å². The number of carbonyl (C=O) groups is 1. The second kappa shape index (κ2) is 6.11. The minimum atomic E-state index is -0.883. The van der Waals surface area contributed by atoms with Crippen LogP contribution >= 0.6 is 0 Å². The van der Waals surface area contributed by atoms with Crippen LogP contribution in [0, 0.1) is 0 Å². The molecule has 29 heavy (non-hydrogen) atoms. The van der Waals surface area contributed by atoms with E-state index in [4.69, 9.17) is 4.74 Å². The minimum absolute atomic E-state index is 0.257. The molecule has 2 aliphatic rings. The molecule has 0 N–H and O–H groups in total. The Labute approximate surface area is 171 Å². The number of fused-ring (bicyclic) bond motifs is 6. The van der Waals surface area contributed by atoms with Crippen LogP contribution in [0.4, 0.5) is 11.4 Å². The zero-order chi connectivity index (χ0) is 20.3. The van der Waals surface area contributed by atoms with E-state index >= 15 is 0 Å². The van der Waals surface area contributed by atoms with Gasteiger partial charge >= 0.3 is 5.97 Å². The van der Waals surface area contributed by atoms with Gasteiger partial charge in [-0.3, -0.25) is 0 Å². The van der Waals surface area contributed by atoms with Crippen LogP contribution < -0.4 is 9.80 Å². The highest BCUT2D eigenvalue weighted by atomic mass is 16.6. The Morgan fingerprint density at radius 2 is 1.31 bits per heavy atom. The number of rotatable bonds is 2. The fourth-order valence-electron chi connectivity index (χ4n) is 4.66. The van der Waals surface area contributed by atoms with Crippen LogP contribution in [0.1, 0.15) is 38.2 Å². The molecule has 0 aromatic heterocycles. The van der Waals surface area contributed by atoms with E-state index in [9.17, 15) is 4.79 Å². The summed E-state index contributed by atoms with van der Waals surface area (Å²) in [6.45, 7) is 0. The van der Waals surface area contributed by atoms with Crippen molar-refractivity contribution in [2.75, 3.05) is 38.0 Å². The molecule has 0 saturated carbocycles. The Balaban J connectivity index is 1.83. The summed E-state index contributed by atoms with van der Waals surface area (Å²) in [5, 5.41) is 0. The lowest BCUT2D eigenvalue weighted by atomic mass is 9.71. The molecule has 5 rings (SSSR count). The smallest absolute Gasteiger partial charge is 0.340 e. The van der Waals surface area contributed by atoms with Crippen molar-refractivity contribution in [1.82, 2.24) is 0 Å². The molecule has 0 atom stereocenters. The first-order valence-electron chi connectivity index (χ1n) is 9.86. The first-order chi connectivity index (χ1) is 13.9. The van der Waals surface area contributed by atoms with Crippen molar-refractivity contribution in [1.29, 1.82) is 0 Å². The van der Waals surface area contributed by atoms with Gasteiger partial charge in [0.2, 0.25) is 0 Å². The normalized spacial score (nSPS) is 15.4. The molecule has 1 heterocycles. The summed E-state index contributed by atoms with van der Waals surface area (Å²) in [6.07, 6.45) is 0.815. The van der Waals surface area contributed by atoms with Crippen molar-refractivity contribution in [2.45, 2.75) is 12.0 Å². The zero-order valence-corrected chi connectivity index (χ0v) is 17.2. The van der Waals surface area contributed by atoms with Crippen LogP contribution in [0.3, 0.4) is 0 Å². The first-order valence-corrected chi connectivity index (χ1v) is 9.86. The molecular weight excluding hydrogens is 360 g/mol. The van der Waals surface area contributed by atoms with Crippen molar-refractivity contribution < 1.29 is 9.53 Å². The lowest BCUT2D eigenvalue weighted by molar-refractivity contribution is 0.0241. The Morgan fingerprint density at radius 1 is 0.759 bits per heavy atom. The summed E-state index contributed by atoms with van der Waals surface area (Å²) in [6, 6.07) is 20.7. The van der Waals surface area contributed by atoms with Gasteiger partial charge in [-0.15, -0.1) is 0 Å². The van der Waals surface area contributed by atoms with Crippen molar-refractivity contribution in [3.8, 4) is 0 Å². The van der Waals surface area contributed by atoms with Gasteiger partial charge in [0, 0.05) is 56.3 Å². The highest BCUT2D eigenvalue weighted by Gasteiger charge is 2.52. The number of esters is 1. The Morgan fingerprint density at radius 3 is 1.86 bits per heavy atom. The standard InChI is InChI=1S/C25H24N2O2/c1-26(2)18-9-11-21-16(14-18)13-17-15-19(27(3)4)10-12-22(17)25(21)23-8-6-5-7-20(23)24(28)29-25/h5-12,14-15H,13H2,1-4H3. The largest absolute Gasteiger partial charge is 0.441 e. The van der Waals surface area contributed by atoms with Crippen LogP contribution in [0.15, 0.2) is 60.7 Å². The topological polar surface area (TPSA) is 32.8 Å². The van der Waals surface area contributed by atoms with Gasteiger partial charge in [0.15, 0.2) is 5.60 Å². The maximum absolute atomic E-state index is 12.9. The van der Waals surface area contributed by atoms with Crippen LogP contribution in [-0.4, -0.2) is 34.2 Å². The van der Waals surface area contributed by atoms with E-state index < -0.39 is 5.60 Å². The van der Waals surface area contributed by atoms with Crippen LogP contribution in [0.5, 0.6) is 0 Å². The van der Waals surface area contributed by atoms with Gasteiger partial charge in [-0.25, -0.2) is 4.79 Å². The second-order valence-electron chi connectivity index (χ2n) is 8.26. The Hall–Kier alpha value is -3.27. The molecule has 0 fully saturated rings. The third kappa shape index (κ3) is 2.42. The van der Waals surface area contributed by atoms with Crippen LogP contribution in [0.25, 0.3) is 0 Å². The molecule has 0 unspecified atom stereocenters. The summed E-state index contributed by atoms with van der Waals surface area (Å²) in [5.74, 6) is -0.257. The number of hydrogen-bond donors (Lipinski definition) is 0. The number of benzene rings is 3. The summed E-state index contributed by atoms with van der Waals surface area (Å²) in [5.41, 5.74) is 7.51. The summed E-state index contributed by atoms with van der Waals surface area (Å²) < 4.78 is 6.25. The zero-order valence-electron chi connectivity index (χ0n) is 17.2. The van der Waals surface area contributed by atoms with Gasteiger partial charge in [-0.05, 0) is 47.9 Å². The molecule has 3 aromatic rings. The lowest BCUT2D eigenvalue weighted by Crippen LogP contribution is -2.35. The fourth-order valence-corrected chi connectivity index (χ4v) is 4.66. The van der Waals surface area contributed by atoms with Gasteiger partial charge in [0.1, 0.15) is 0 Å². The quantitative estimate of drug-likeness (QED) is 0.621. The third-order valence-electron chi connectivity index (χ3n) is 6.12. The van der Waals surface area contributed by atoms with Crippen molar-refractivity contribution in [3.63, 3.8) is 0 Å². The predicted molar refractivity (Wildman–Crippen MR) is 116 cm³/mol. The van der Waals surface area contributed by atoms with Gasteiger partial charge < -0.3 is 14.5 Å². The molecule has 0 saturated heterocycles. The maximum atomic E-state index is 12.9. The lowest BCUT2D eigenvalue weighted by Gasteiger charge is -2.38. The monoisotopic (exact) mass is 384 g/mol. The summed E-state index contributed by atoms with van der Waals surface area (Å²) >= 11 is 0. The number of ether oxygens (including phenoxy) is 1. The molecule has 1 aliphatic carbocycles. The van der Waals surface area contributed by atoms with E-state index in [2.05, 4.69) is 46.2 Å². The van der Waals surface area contributed by atoms with Gasteiger partial charge in [0.25, 0.3) is 0 Å². The molecule has 3 aromatic carbocycles. The second-order valence-corrected chi connectivity index (χ2v) is 8.26. The molecule has 146 valence electrons. The summed E-state index contributed by atoms with van der Waals surface area (Å²) in [7, 11) is 8.18. The number of anilines is 2. The van der Waals surface area contributed by atoms with Gasteiger partial charge in [-0.1, -0.05) is 30.3 Å². The van der Waals surface area contributed by atoms with Crippen molar-refractivity contribution in [3.05, 3.63) is 94.0 Å². The average Bonchev–Trinajstić information content (AvgIpc) is 3.01. The molecule has 0 bridgehead atoms. The van der Waals surface area contributed by atoms with Crippen LogP contribution in [0.2, 0.25) is 0 Å². The maximum Gasteiger partial charge on any atom is 0.340 e. The van der Waals surface area contributed by atoms with E-state index in [-0.39, 0.29) is 5.97 Å². The highest BCUT2D eigenvalue weighted by molar-refractivity contribution is 5.96. The highest BCUT2D eigenvalue weighted by Crippen LogP contribution is 2.52. The molecule has 0 amide bonds. The van der Waals surface area contributed by atoms with E-state index in [0.717, 1.165) is 34.5 Å². The van der Waals surface area contributed by atoms with E-state index in [1.807, 2.05) is 52.5 Å². The fraction of sp³-hybridized carbons (Fsp3) is 0.240.